The normalized spacial score (nSPS) is 10.5. The SMILES string of the molecule is NC(CS)C(=O)O.O=C(O)CBr.O=C(O)CCCCCCCCCCC(=O)O. The van der Waals surface area contributed by atoms with Gasteiger partial charge in [0.15, 0.2) is 0 Å². The van der Waals surface area contributed by atoms with Crippen LogP contribution in [0.3, 0.4) is 0 Å². The van der Waals surface area contributed by atoms with E-state index in [4.69, 9.17) is 26.2 Å². The van der Waals surface area contributed by atoms with Crippen molar-refractivity contribution in [1.82, 2.24) is 0 Å². The molecule has 9 nitrogen and oxygen atoms in total. The first kappa shape index (κ1) is 31.4. The van der Waals surface area contributed by atoms with E-state index < -0.39 is 29.9 Å². The highest BCUT2D eigenvalue weighted by molar-refractivity contribution is 9.09. The molecule has 0 rings (SSSR count). The van der Waals surface area contributed by atoms with E-state index in [1.165, 1.54) is 0 Å². The summed E-state index contributed by atoms with van der Waals surface area (Å²) in [5, 5.41) is 32.5. The quantitative estimate of drug-likeness (QED) is 0.121. The fourth-order valence-corrected chi connectivity index (χ4v) is 1.85. The predicted molar refractivity (Wildman–Crippen MR) is 112 cm³/mol. The van der Waals surface area contributed by atoms with Crippen molar-refractivity contribution in [3.05, 3.63) is 0 Å². The Kier molecular flexibility index (Phi) is 26.6. The lowest BCUT2D eigenvalue weighted by Gasteiger charge is -2.00. The molecule has 0 saturated carbocycles. The third kappa shape index (κ3) is 35.7. The molecule has 0 aliphatic rings. The van der Waals surface area contributed by atoms with Crippen LogP contribution in [0.15, 0.2) is 0 Å². The van der Waals surface area contributed by atoms with Crippen molar-refractivity contribution in [3.8, 4) is 0 Å². The Bertz CT molecular complexity index is 415. The van der Waals surface area contributed by atoms with E-state index in [1.807, 2.05) is 0 Å². The number of carboxylic acids is 4. The summed E-state index contributed by atoms with van der Waals surface area (Å²) >= 11 is 6.36. The molecule has 0 heterocycles. The number of carbonyl (C=O) groups is 4. The molecule has 0 saturated heterocycles. The van der Waals surface area contributed by atoms with Crippen LogP contribution in [0.25, 0.3) is 0 Å². The van der Waals surface area contributed by atoms with E-state index >= 15 is 0 Å². The lowest BCUT2D eigenvalue weighted by molar-refractivity contribution is -0.138. The van der Waals surface area contributed by atoms with Gasteiger partial charge in [0, 0.05) is 18.6 Å². The van der Waals surface area contributed by atoms with Crippen LogP contribution in [-0.2, 0) is 19.2 Å². The third-order valence-corrected chi connectivity index (χ3v) is 4.03. The number of hydrogen-bond donors (Lipinski definition) is 6. The Morgan fingerprint density at radius 2 is 1.00 bits per heavy atom. The van der Waals surface area contributed by atoms with Crippen LogP contribution in [0.2, 0.25) is 0 Å². The van der Waals surface area contributed by atoms with Crippen LogP contribution in [0, 0.1) is 0 Å². The molecule has 0 aromatic rings. The second-order valence-corrected chi connectivity index (χ2v) is 6.70. The predicted octanol–water partition coefficient (Wildman–Crippen LogP) is 2.85. The highest BCUT2D eigenvalue weighted by Gasteiger charge is 2.06. The largest absolute Gasteiger partial charge is 0.481 e. The van der Waals surface area contributed by atoms with Gasteiger partial charge in [0.1, 0.15) is 11.4 Å². The summed E-state index contributed by atoms with van der Waals surface area (Å²) in [4.78, 5) is 39.5. The number of thiol groups is 1. The first-order valence-electron chi connectivity index (χ1n) is 8.89. The summed E-state index contributed by atoms with van der Waals surface area (Å²) in [5.41, 5.74) is 4.94. The maximum Gasteiger partial charge on any atom is 0.321 e. The molecule has 0 radical (unpaired) electrons. The van der Waals surface area contributed by atoms with Crippen LogP contribution < -0.4 is 5.73 Å². The minimum atomic E-state index is -1.00. The minimum absolute atomic E-state index is 0.0347. The zero-order chi connectivity index (χ0) is 22.4. The molecule has 0 aromatic heterocycles. The van der Waals surface area contributed by atoms with Crippen molar-refractivity contribution < 1.29 is 39.6 Å². The first-order valence-corrected chi connectivity index (χ1v) is 10.6. The molecule has 28 heavy (non-hydrogen) atoms. The van der Waals surface area contributed by atoms with Crippen molar-refractivity contribution in [2.45, 2.75) is 70.3 Å². The number of hydrogen-bond acceptors (Lipinski definition) is 6. The lowest BCUT2D eigenvalue weighted by Crippen LogP contribution is -2.31. The van der Waals surface area contributed by atoms with Gasteiger partial charge in [-0.1, -0.05) is 54.5 Å². The van der Waals surface area contributed by atoms with E-state index in [2.05, 4.69) is 28.6 Å². The highest BCUT2D eigenvalue weighted by Crippen LogP contribution is 2.10. The second-order valence-electron chi connectivity index (χ2n) is 5.77. The summed E-state index contributed by atoms with van der Waals surface area (Å²) in [5.74, 6) is -3.07. The molecule has 0 bridgehead atoms. The topological polar surface area (TPSA) is 175 Å². The van der Waals surface area contributed by atoms with Gasteiger partial charge < -0.3 is 26.2 Å². The van der Waals surface area contributed by atoms with E-state index in [1.54, 1.807) is 0 Å². The van der Waals surface area contributed by atoms with E-state index in [9.17, 15) is 19.2 Å². The molecule has 1 atom stereocenters. The number of aliphatic carboxylic acids is 4. The lowest BCUT2D eigenvalue weighted by atomic mass is 10.1. The van der Waals surface area contributed by atoms with Gasteiger partial charge in [-0.3, -0.25) is 19.2 Å². The van der Waals surface area contributed by atoms with Crippen molar-refractivity contribution in [2.75, 3.05) is 11.1 Å². The Morgan fingerprint density at radius 3 is 1.14 bits per heavy atom. The van der Waals surface area contributed by atoms with Crippen LogP contribution in [0.4, 0.5) is 0 Å². The summed E-state index contributed by atoms with van der Waals surface area (Å²) < 4.78 is 0. The molecular weight excluding hydrogens is 458 g/mol. The van der Waals surface area contributed by atoms with Crippen molar-refractivity contribution in [2.24, 2.45) is 5.73 Å². The number of alkyl halides is 1. The average molecular weight is 490 g/mol. The zero-order valence-corrected chi connectivity index (χ0v) is 18.4. The van der Waals surface area contributed by atoms with Crippen LogP contribution in [-0.4, -0.2) is 61.4 Å². The van der Waals surface area contributed by atoms with Gasteiger partial charge >= 0.3 is 23.9 Å². The van der Waals surface area contributed by atoms with Gasteiger partial charge in [-0.25, -0.2) is 0 Å². The zero-order valence-electron chi connectivity index (χ0n) is 15.9. The van der Waals surface area contributed by atoms with Crippen LogP contribution in [0.5, 0.6) is 0 Å². The van der Waals surface area contributed by atoms with Gasteiger partial charge in [-0.2, -0.15) is 12.6 Å². The van der Waals surface area contributed by atoms with Gasteiger partial charge in [-0.15, -0.1) is 0 Å². The molecule has 166 valence electrons. The van der Waals surface area contributed by atoms with Crippen LogP contribution in [0.1, 0.15) is 64.2 Å². The summed E-state index contributed by atoms with van der Waals surface area (Å²) in [6.45, 7) is 0. The molecule has 6 N–H and O–H groups in total. The summed E-state index contributed by atoms with van der Waals surface area (Å²) in [6.07, 6.45) is 8.51. The van der Waals surface area contributed by atoms with Crippen molar-refractivity contribution in [1.29, 1.82) is 0 Å². The fraction of sp³-hybridized carbons (Fsp3) is 0.765. The van der Waals surface area contributed by atoms with Crippen molar-refractivity contribution in [3.63, 3.8) is 0 Å². The summed E-state index contributed by atoms with van der Waals surface area (Å²) in [7, 11) is 0. The Labute approximate surface area is 179 Å². The van der Waals surface area contributed by atoms with E-state index in [-0.39, 0.29) is 23.9 Å². The maximum absolute atomic E-state index is 10.2. The molecule has 11 heteroatoms. The van der Waals surface area contributed by atoms with Crippen molar-refractivity contribution >= 4 is 52.4 Å². The minimum Gasteiger partial charge on any atom is -0.481 e. The maximum atomic E-state index is 10.2. The molecular formula is C17H32BrNO8S. The number of rotatable bonds is 14. The van der Waals surface area contributed by atoms with Gasteiger partial charge in [0.05, 0.1) is 0 Å². The highest BCUT2D eigenvalue weighted by atomic mass is 79.9. The summed E-state index contributed by atoms with van der Waals surface area (Å²) in [6, 6.07) is -0.816. The molecule has 0 fully saturated rings. The average Bonchev–Trinajstić information content (AvgIpc) is 2.62. The molecule has 0 aliphatic heterocycles. The Hall–Kier alpha value is -1.33. The molecule has 0 spiro atoms. The van der Waals surface area contributed by atoms with Gasteiger partial charge in [0.2, 0.25) is 0 Å². The first-order chi connectivity index (χ1) is 13.1. The van der Waals surface area contributed by atoms with E-state index in [0.717, 1.165) is 51.4 Å². The molecule has 0 aliphatic carbocycles. The van der Waals surface area contributed by atoms with Crippen LogP contribution >= 0.6 is 28.6 Å². The smallest absolute Gasteiger partial charge is 0.321 e. The number of unbranched alkanes of at least 4 members (excludes halogenated alkanes) is 7. The van der Waals surface area contributed by atoms with Gasteiger partial charge in [0.25, 0.3) is 0 Å². The third-order valence-electron chi connectivity index (χ3n) is 3.16. The van der Waals surface area contributed by atoms with Gasteiger partial charge in [-0.05, 0) is 12.8 Å². The number of halogens is 1. The molecule has 0 aromatic carbocycles. The molecule has 0 amide bonds. The monoisotopic (exact) mass is 489 g/mol. The second kappa shape index (κ2) is 23.7. The Balaban J connectivity index is -0.000000427. The molecule has 1 unspecified atom stereocenters. The van der Waals surface area contributed by atoms with E-state index in [0.29, 0.717) is 0 Å². The standard InChI is InChI=1S/C12H22O4.C3H7NO2S.C2H3BrO2/c13-11(14)9-7-5-3-1-2-4-6-8-10-12(15)16;4-2(1-7)3(5)6;3-1-2(4)5/h1-10H2,(H,13,14)(H,15,16);2,7H,1,4H2,(H,5,6);1H2,(H,4,5). The Morgan fingerprint density at radius 1 is 0.714 bits per heavy atom. The number of nitrogens with two attached hydrogens (primary N) is 1. The fourth-order valence-electron chi connectivity index (χ4n) is 1.69. The number of carboxylic acid groups (broad SMARTS) is 4.